The van der Waals surface area contributed by atoms with Crippen molar-refractivity contribution >= 4 is 5.91 Å². The van der Waals surface area contributed by atoms with E-state index in [0.29, 0.717) is 35.8 Å². The summed E-state index contributed by atoms with van der Waals surface area (Å²) >= 11 is 0. The topological polar surface area (TPSA) is 97.7 Å². The number of ether oxygens (including phenoxy) is 2. The number of likely N-dealkylation sites (N-methyl/N-ethyl adjacent to an activating group) is 1. The van der Waals surface area contributed by atoms with Crippen LogP contribution in [0.1, 0.15) is 15.9 Å². The molecule has 8 nitrogen and oxygen atoms in total. The van der Waals surface area contributed by atoms with E-state index in [-0.39, 0.29) is 17.8 Å². The summed E-state index contributed by atoms with van der Waals surface area (Å²) in [5.41, 5.74) is 1.93. The zero-order chi connectivity index (χ0) is 19.7. The van der Waals surface area contributed by atoms with Crippen LogP contribution in [0.5, 0.6) is 11.5 Å². The number of H-pyrrole nitrogens is 1. The third kappa shape index (κ3) is 3.48. The van der Waals surface area contributed by atoms with E-state index in [1.165, 1.54) is 0 Å². The Morgan fingerprint density at radius 3 is 2.79 bits per heavy atom. The van der Waals surface area contributed by atoms with Gasteiger partial charge in [-0.1, -0.05) is 29.4 Å². The highest BCUT2D eigenvalue weighted by atomic mass is 16.6. The van der Waals surface area contributed by atoms with E-state index >= 15 is 0 Å². The van der Waals surface area contributed by atoms with Gasteiger partial charge >= 0.3 is 5.76 Å². The number of amides is 1. The molecule has 1 unspecified atom stereocenters. The first-order valence-electron chi connectivity index (χ1n) is 8.82. The highest BCUT2D eigenvalue weighted by Crippen LogP contribution is 2.31. The second kappa shape index (κ2) is 7.22. The Labute approximate surface area is 160 Å². The molecule has 3 aromatic rings. The van der Waals surface area contributed by atoms with Crippen LogP contribution in [0, 0.1) is 6.92 Å². The number of carbonyl (C=O) groups excluding carboxylic acids is 1. The number of nitrogens with zero attached hydrogens (tertiary/aromatic N) is 2. The summed E-state index contributed by atoms with van der Waals surface area (Å²) in [5, 5.41) is 3.67. The smallest absolute Gasteiger partial charge is 0.439 e. The fraction of sp³-hybridized carbons (Fsp3) is 0.250. The second-order valence-corrected chi connectivity index (χ2v) is 6.66. The number of aromatic nitrogens is 2. The summed E-state index contributed by atoms with van der Waals surface area (Å²) in [5.74, 6) is 0.857. The van der Waals surface area contributed by atoms with Crippen molar-refractivity contribution in [3.05, 3.63) is 64.1 Å². The number of para-hydroxylation sites is 2. The van der Waals surface area contributed by atoms with E-state index in [9.17, 15) is 9.59 Å². The molecule has 0 bridgehead atoms. The summed E-state index contributed by atoms with van der Waals surface area (Å²) in [4.78, 5) is 28.3. The Hall–Kier alpha value is -3.55. The van der Waals surface area contributed by atoms with Gasteiger partial charge in [0.25, 0.3) is 5.91 Å². The quantitative estimate of drug-likeness (QED) is 0.744. The number of aromatic amines is 1. The lowest BCUT2D eigenvalue weighted by atomic mass is 10.0. The second-order valence-electron chi connectivity index (χ2n) is 6.66. The van der Waals surface area contributed by atoms with Gasteiger partial charge in [-0.2, -0.15) is 0 Å². The number of hydrogen-bond donors (Lipinski definition) is 1. The van der Waals surface area contributed by atoms with Crippen LogP contribution in [0.4, 0.5) is 0 Å². The van der Waals surface area contributed by atoms with Crippen LogP contribution in [-0.4, -0.2) is 47.3 Å². The molecule has 0 saturated carbocycles. The standard InChI is InChI=1S/C20H19N3O5/c1-12-7-8-13(18-21-20(25)28-22-18)9-15(12)19(24)23(2)10-14-11-26-16-5-3-4-6-17(16)27-14/h3-9,14H,10-11H2,1-2H3,(H,21,22,25). The lowest BCUT2D eigenvalue weighted by Crippen LogP contribution is -2.42. The predicted octanol–water partition coefficient (Wildman–Crippen LogP) is 2.25. The summed E-state index contributed by atoms with van der Waals surface area (Å²) in [6.45, 7) is 2.60. The van der Waals surface area contributed by atoms with Gasteiger partial charge in [-0.15, -0.1) is 0 Å². The molecular formula is C20H19N3O5. The third-order valence-electron chi connectivity index (χ3n) is 4.57. The normalized spacial score (nSPS) is 15.3. The first-order valence-corrected chi connectivity index (χ1v) is 8.82. The van der Waals surface area contributed by atoms with Crippen molar-refractivity contribution in [3.8, 4) is 22.9 Å². The molecule has 0 fully saturated rings. The number of aryl methyl sites for hydroxylation is 1. The fourth-order valence-corrected chi connectivity index (χ4v) is 3.10. The zero-order valence-electron chi connectivity index (χ0n) is 15.5. The maximum Gasteiger partial charge on any atom is 0.439 e. The molecule has 1 amide bonds. The molecule has 2 aromatic carbocycles. The molecule has 0 radical (unpaired) electrons. The Morgan fingerprint density at radius 1 is 1.25 bits per heavy atom. The summed E-state index contributed by atoms with van der Waals surface area (Å²) in [6.07, 6.45) is -0.265. The van der Waals surface area contributed by atoms with Crippen molar-refractivity contribution < 1.29 is 18.8 Å². The minimum absolute atomic E-state index is 0.160. The van der Waals surface area contributed by atoms with E-state index in [0.717, 1.165) is 5.56 Å². The monoisotopic (exact) mass is 381 g/mol. The van der Waals surface area contributed by atoms with Crippen LogP contribution in [0.2, 0.25) is 0 Å². The van der Waals surface area contributed by atoms with Crippen LogP contribution >= 0.6 is 0 Å². The number of fused-ring (bicyclic) bond motifs is 1. The van der Waals surface area contributed by atoms with Gasteiger partial charge in [0.05, 0.1) is 6.54 Å². The molecule has 0 saturated heterocycles. The number of carbonyl (C=O) groups is 1. The molecule has 8 heteroatoms. The first kappa shape index (κ1) is 17.8. The highest BCUT2D eigenvalue weighted by molar-refractivity contribution is 5.96. The Bertz CT molecular complexity index is 1070. The number of nitrogens with one attached hydrogen (secondary N) is 1. The molecule has 1 aliphatic heterocycles. The average molecular weight is 381 g/mol. The van der Waals surface area contributed by atoms with Crippen LogP contribution in [0.15, 0.2) is 51.8 Å². The van der Waals surface area contributed by atoms with Gasteiger partial charge in [0, 0.05) is 18.2 Å². The van der Waals surface area contributed by atoms with E-state index < -0.39 is 5.76 Å². The molecule has 0 aliphatic carbocycles. The Morgan fingerprint density at radius 2 is 2.04 bits per heavy atom. The number of benzene rings is 2. The van der Waals surface area contributed by atoms with E-state index in [1.54, 1.807) is 30.1 Å². The average Bonchev–Trinajstić information content (AvgIpc) is 3.14. The first-order chi connectivity index (χ1) is 13.5. The zero-order valence-corrected chi connectivity index (χ0v) is 15.5. The van der Waals surface area contributed by atoms with Crippen molar-refractivity contribution in [1.29, 1.82) is 0 Å². The molecule has 144 valence electrons. The lowest BCUT2D eigenvalue weighted by molar-refractivity contribution is 0.0520. The van der Waals surface area contributed by atoms with Crippen LogP contribution in [0.3, 0.4) is 0 Å². The number of hydrogen-bond acceptors (Lipinski definition) is 6. The maximum atomic E-state index is 13.0. The molecule has 0 spiro atoms. The van der Waals surface area contributed by atoms with Crippen LogP contribution in [-0.2, 0) is 0 Å². The molecule has 1 aromatic heterocycles. The largest absolute Gasteiger partial charge is 0.486 e. The number of rotatable bonds is 4. The van der Waals surface area contributed by atoms with Crippen molar-refractivity contribution in [2.75, 3.05) is 20.2 Å². The minimum atomic E-state index is -0.643. The van der Waals surface area contributed by atoms with Crippen LogP contribution in [0.25, 0.3) is 11.4 Å². The fourth-order valence-electron chi connectivity index (χ4n) is 3.10. The molecule has 28 heavy (non-hydrogen) atoms. The molecule has 1 N–H and O–H groups in total. The maximum absolute atomic E-state index is 13.0. The van der Waals surface area contributed by atoms with Crippen molar-refractivity contribution in [3.63, 3.8) is 0 Å². The van der Waals surface area contributed by atoms with Gasteiger partial charge in [0.1, 0.15) is 6.61 Å². The Kier molecular flexibility index (Phi) is 4.60. The SMILES string of the molecule is Cc1ccc(-c2noc(=O)[nH]2)cc1C(=O)N(C)CC1COc2ccccc2O1. The molecule has 1 aliphatic rings. The molecule has 1 atom stereocenters. The third-order valence-corrected chi connectivity index (χ3v) is 4.57. The van der Waals surface area contributed by atoms with E-state index in [2.05, 4.69) is 14.7 Å². The molecule has 4 rings (SSSR count). The molecule has 2 heterocycles. The lowest BCUT2D eigenvalue weighted by Gasteiger charge is -2.29. The highest BCUT2D eigenvalue weighted by Gasteiger charge is 2.25. The summed E-state index contributed by atoms with van der Waals surface area (Å²) < 4.78 is 16.2. The van der Waals surface area contributed by atoms with Gasteiger partial charge in [-0.05, 0) is 30.7 Å². The Balaban J connectivity index is 1.50. The predicted molar refractivity (Wildman–Crippen MR) is 101 cm³/mol. The van der Waals surface area contributed by atoms with E-state index in [4.69, 9.17) is 9.47 Å². The van der Waals surface area contributed by atoms with Crippen LogP contribution < -0.4 is 15.2 Å². The minimum Gasteiger partial charge on any atom is -0.486 e. The van der Waals surface area contributed by atoms with Crippen molar-refractivity contribution in [1.82, 2.24) is 15.0 Å². The van der Waals surface area contributed by atoms with Gasteiger partial charge < -0.3 is 14.4 Å². The van der Waals surface area contributed by atoms with Gasteiger partial charge in [-0.25, -0.2) is 4.79 Å². The summed E-state index contributed by atoms with van der Waals surface area (Å²) in [7, 11) is 1.72. The summed E-state index contributed by atoms with van der Waals surface area (Å²) in [6, 6.07) is 12.7. The van der Waals surface area contributed by atoms with Gasteiger partial charge in [-0.3, -0.25) is 14.3 Å². The van der Waals surface area contributed by atoms with Crippen molar-refractivity contribution in [2.45, 2.75) is 13.0 Å². The molecular weight excluding hydrogens is 362 g/mol. The van der Waals surface area contributed by atoms with Crippen molar-refractivity contribution in [2.24, 2.45) is 0 Å². The van der Waals surface area contributed by atoms with Gasteiger partial charge in [0.15, 0.2) is 23.4 Å². The van der Waals surface area contributed by atoms with E-state index in [1.807, 2.05) is 31.2 Å². The van der Waals surface area contributed by atoms with Gasteiger partial charge in [0.2, 0.25) is 0 Å².